The van der Waals surface area contributed by atoms with E-state index >= 15 is 0 Å². The molecule has 10 heteroatoms. The maximum absolute atomic E-state index is 14.4. The van der Waals surface area contributed by atoms with Gasteiger partial charge in [0.05, 0.1) is 28.3 Å². The summed E-state index contributed by atoms with van der Waals surface area (Å²) in [5.41, 5.74) is 2.64. The summed E-state index contributed by atoms with van der Waals surface area (Å²) in [7, 11) is 5.35. The van der Waals surface area contributed by atoms with Crippen LogP contribution in [0.2, 0.25) is 4.34 Å². The summed E-state index contributed by atoms with van der Waals surface area (Å²) >= 11 is 7.36. The molecule has 1 saturated heterocycles. The van der Waals surface area contributed by atoms with Crippen molar-refractivity contribution in [2.45, 2.75) is 18.0 Å². The van der Waals surface area contributed by atoms with Gasteiger partial charge in [-0.15, -0.1) is 11.3 Å². The van der Waals surface area contributed by atoms with E-state index in [2.05, 4.69) is 5.32 Å². The minimum Gasteiger partial charge on any atom is -0.497 e. The molecular weight excluding hydrogens is 574 g/mol. The zero-order valence-electron chi connectivity index (χ0n) is 23.2. The lowest BCUT2D eigenvalue weighted by Gasteiger charge is -2.30. The largest absolute Gasteiger partial charge is 0.497 e. The van der Waals surface area contributed by atoms with Crippen molar-refractivity contribution in [2.75, 3.05) is 31.4 Å². The Morgan fingerprint density at radius 3 is 2.24 bits per heavy atom. The van der Waals surface area contributed by atoms with Gasteiger partial charge in [0.2, 0.25) is 0 Å². The number of nitrogens with one attached hydrogen (secondary N) is 1. The van der Waals surface area contributed by atoms with Gasteiger partial charge in [0.15, 0.2) is 5.78 Å². The highest BCUT2D eigenvalue weighted by Crippen LogP contribution is 2.52. The van der Waals surface area contributed by atoms with Gasteiger partial charge in [-0.05, 0) is 59.7 Å². The Balaban J connectivity index is 1.73. The molecule has 1 aliphatic heterocycles. The number of thiophene rings is 1. The number of amides is 2. The number of carbonyl (C=O) groups is 3. The fraction of sp³-hybridized carbons (Fsp3) is 0.219. The van der Waals surface area contributed by atoms with Crippen LogP contribution in [0, 0.1) is 5.92 Å². The van der Waals surface area contributed by atoms with Crippen LogP contribution in [-0.4, -0.2) is 55.0 Å². The van der Waals surface area contributed by atoms with Crippen LogP contribution in [0.25, 0.3) is 0 Å². The first-order chi connectivity index (χ1) is 20.2. The van der Waals surface area contributed by atoms with Crippen LogP contribution in [0.4, 0.5) is 16.2 Å². The van der Waals surface area contributed by atoms with Crippen molar-refractivity contribution in [3.8, 4) is 5.75 Å². The Bertz CT molecular complexity index is 1590. The lowest BCUT2D eigenvalue weighted by Crippen LogP contribution is -2.45. The van der Waals surface area contributed by atoms with Gasteiger partial charge in [0.25, 0.3) is 0 Å². The van der Waals surface area contributed by atoms with E-state index in [4.69, 9.17) is 16.3 Å². The monoisotopic (exact) mass is 603 g/mol. The van der Waals surface area contributed by atoms with Gasteiger partial charge in [-0.25, -0.2) is 9.59 Å². The van der Waals surface area contributed by atoms with E-state index < -0.39 is 35.9 Å². The first-order valence-corrected chi connectivity index (χ1v) is 14.5. The Morgan fingerprint density at radius 2 is 1.64 bits per heavy atom. The van der Waals surface area contributed by atoms with Gasteiger partial charge in [-0.2, -0.15) is 0 Å². The zero-order chi connectivity index (χ0) is 30.0. The van der Waals surface area contributed by atoms with Crippen LogP contribution in [0.1, 0.15) is 32.8 Å². The number of para-hydroxylation sites is 1. The predicted octanol–water partition coefficient (Wildman–Crippen LogP) is 6.80. The Kier molecular flexibility index (Phi) is 8.51. The van der Waals surface area contributed by atoms with Crippen molar-refractivity contribution >= 4 is 52.1 Å². The lowest BCUT2D eigenvalue weighted by molar-refractivity contribution is -0.142. The average molecular weight is 604 g/mol. The third-order valence-electron chi connectivity index (χ3n) is 7.53. The first-order valence-electron chi connectivity index (χ1n) is 13.3. The van der Waals surface area contributed by atoms with E-state index in [-0.39, 0.29) is 5.78 Å². The molecule has 3 aromatic carbocycles. The number of carboxylic acids is 1. The lowest BCUT2D eigenvalue weighted by atomic mass is 9.77. The van der Waals surface area contributed by atoms with E-state index in [1.54, 1.807) is 60.7 Å². The number of hydrogen-bond donors (Lipinski definition) is 2. The number of aliphatic carboxylic acids is 1. The first kappa shape index (κ1) is 29.2. The molecule has 216 valence electrons. The molecule has 0 spiro atoms. The molecule has 4 aromatic rings. The number of ketones is 1. The van der Waals surface area contributed by atoms with Crippen LogP contribution in [-0.2, 0) is 4.79 Å². The number of carboxylic acid groups (broad SMARTS) is 1. The molecule has 2 amide bonds. The highest BCUT2D eigenvalue weighted by Gasteiger charge is 2.58. The fourth-order valence-electron chi connectivity index (χ4n) is 5.64. The Morgan fingerprint density at radius 1 is 0.929 bits per heavy atom. The Hall–Kier alpha value is -4.34. The molecule has 4 atom stereocenters. The molecule has 0 aliphatic carbocycles. The van der Waals surface area contributed by atoms with E-state index in [9.17, 15) is 19.5 Å². The Labute approximate surface area is 253 Å². The third-order valence-corrected chi connectivity index (χ3v) is 8.77. The van der Waals surface area contributed by atoms with Gasteiger partial charge in [-0.3, -0.25) is 4.79 Å². The minimum atomic E-state index is -1.37. The summed E-state index contributed by atoms with van der Waals surface area (Å²) in [6.45, 7) is 0. The van der Waals surface area contributed by atoms with Crippen molar-refractivity contribution in [1.82, 2.24) is 4.90 Å². The normalized spacial score (nSPS) is 19.8. The highest BCUT2D eigenvalue weighted by atomic mass is 35.5. The van der Waals surface area contributed by atoms with Crippen LogP contribution in [0.15, 0.2) is 91.0 Å². The number of nitrogens with zero attached hydrogens (tertiary/aromatic N) is 2. The molecule has 2 N–H and O–H groups in total. The van der Waals surface area contributed by atoms with Crippen LogP contribution >= 0.6 is 22.9 Å². The minimum absolute atomic E-state index is 0.289. The molecule has 2 heterocycles. The summed E-state index contributed by atoms with van der Waals surface area (Å²) in [4.78, 5) is 45.3. The van der Waals surface area contributed by atoms with Crippen LogP contribution in [0.3, 0.4) is 0 Å². The highest BCUT2D eigenvalue weighted by molar-refractivity contribution is 7.18. The summed E-state index contributed by atoms with van der Waals surface area (Å²) in [6, 6.07) is 23.7. The molecule has 1 fully saturated rings. The number of halogens is 1. The van der Waals surface area contributed by atoms with E-state index in [0.29, 0.717) is 31.8 Å². The smallest absolute Gasteiger partial charge is 0.327 e. The number of likely N-dealkylation sites (tertiary alicyclic amines) is 1. The standard InChI is InChI=1S/C32H30ClN3O5S/c1-35(2)22-14-12-19(13-15-22)28-27(30(37)24-16-17-25(33)42-24)26(20-8-7-11-23(18-20)41-3)29(31(38)39)36(28)32(40)34-21-9-5-4-6-10-21/h4-18,26-29H,1-3H3,(H,34,40)(H,38,39). The third kappa shape index (κ3) is 5.70. The second-order valence-corrected chi connectivity index (χ2v) is 11.9. The zero-order valence-corrected chi connectivity index (χ0v) is 24.8. The van der Waals surface area contributed by atoms with Gasteiger partial charge < -0.3 is 25.0 Å². The number of rotatable bonds is 8. The molecule has 1 aromatic heterocycles. The van der Waals surface area contributed by atoms with Gasteiger partial charge >= 0.3 is 12.0 Å². The predicted molar refractivity (Wildman–Crippen MR) is 165 cm³/mol. The van der Waals surface area contributed by atoms with Crippen molar-refractivity contribution in [1.29, 1.82) is 0 Å². The maximum Gasteiger partial charge on any atom is 0.327 e. The number of ether oxygens (including phenoxy) is 1. The van der Waals surface area contributed by atoms with E-state index in [1.807, 2.05) is 49.3 Å². The molecule has 5 rings (SSSR count). The maximum atomic E-state index is 14.4. The molecule has 42 heavy (non-hydrogen) atoms. The number of hydrogen-bond acceptors (Lipinski definition) is 6. The van der Waals surface area contributed by atoms with Crippen molar-refractivity contribution in [3.05, 3.63) is 111 Å². The van der Waals surface area contributed by atoms with Crippen LogP contribution in [0.5, 0.6) is 5.75 Å². The van der Waals surface area contributed by atoms with Crippen molar-refractivity contribution in [3.63, 3.8) is 0 Å². The van der Waals surface area contributed by atoms with E-state index in [0.717, 1.165) is 17.0 Å². The number of benzene rings is 3. The fourth-order valence-corrected chi connectivity index (χ4v) is 6.67. The quantitative estimate of drug-likeness (QED) is 0.215. The second kappa shape index (κ2) is 12.3. The molecule has 0 radical (unpaired) electrons. The van der Waals surface area contributed by atoms with E-state index in [1.165, 1.54) is 12.0 Å². The topological polar surface area (TPSA) is 99.2 Å². The average Bonchev–Trinajstić information content (AvgIpc) is 3.59. The number of anilines is 2. The second-order valence-electron chi connectivity index (χ2n) is 10.2. The van der Waals surface area contributed by atoms with Crippen molar-refractivity contribution < 1.29 is 24.2 Å². The molecule has 0 saturated carbocycles. The summed E-state index contributed by atoms with van der Waals surface area (Å²) in [6.07, 6.45) is 0. The number of methoxy groups -OCH3 is 1. The summed E-state index contributed by atoms with van der Waals surface area (Å²) < 4.78 is 5.89. The van der Waals surface area contributed by atoms with Gasteiger partial charge in [0.1, 0.15) is 11.8 Å². The molecule has 8 nitrogen and oxygen atoms in total. The molecule has 0 bridgehead atoms. The molecular formula is C32H30ClN3O5S. The summed E-state index contributed by atoms with van der Waals surface area (Å²) in [5, 5.41) is 13.6. The number of urea groups is 1. The van der Waals surface area contributed by atoms with Gasteiger partial charge in [-0.1, -0.05) is 54.1 Å². The number of Topliss-reactive ketones (excluding diaryl/α,β-unsaturated/α-hetero) is 1. The van der Waals surface area contributed by atoms with Gasteiger partial charge in [0, 0.05) is 31.4 Å². The summed E-state index contributed by atoms with van der Waals surface area (Å²) in [5.74, 6) is -2.84. The van der Waals surface area contributed by atoms with Crippen LogP contribution < -0.4 is 15.0 Å². The molecule has 4 unspecified atom stereocenters. The number of carbonyl (C=O) groups excluding carboxylic acids is 2. The van der Waals surface area contributed by atoms with Crippen molar-refractivity contribution in [2.24, 2.45) is 5.92 Å². The molecule has 1 aliphatic rings. The SMILES string of the molecule is COc1cccc(C2C(C(=O)c3ccc(Cl)s3)C(c3ccc(N(C)C)cc3)N(C(=O)Nc3ccccc3)C2C(=O)O)c1.